The van der Waals surface area contributed by atoms with Crippen LogP contribution in [0.15, 0.2) is 84.0 Å². The van der Waals surface area contributed by atoms with Crippen LogP contribution in [0.25, 0.3) is 22.2 Å². The van der Waals surface area contributed by atoms with Gasteiger partial charge in [-0.2, -0.15) is 18.3 Å². The van der Waals surface area contributed by atoms with Crippen molar-refractivity contribution in [3.8, 4) is 11.3 Å². The van der Waals surface area contributed by atoms with Gasteiger partial charge in [0.1, 0.15) is 5.82 Å². The van der Waals surface area contributed by atoms with Gasteiger partial charge < -0.3 is 0 Å². The number of hydrogen-bond donors (Lipinski definition) is 1. The third-order valence-corrected chi connectivity index (χ3v) is 4.69. The average molecular weight is 437 g/mol. The summed E-state index contributed by atoms with van der Waals surface area (Å²) in [5.41, 5.74) is 3.65. The quantitative estimate of drug-likeness (QED) is 0.248. The summed E-state index contributed by atoms with van der Waals surface area (Å²) in [5, 5.41) is 4.37. The highest BCUT2D eigenvalue weighted by Gasteiger charge is 2.30. The zero-order valence-corrected chi connectivity index (χ0v) is 16.4. The van der Waals surface area contributed by atoms with Crippen molar-refractivity contribution >= 4 is 23.0 Å². The Hall–Kier alpha value is -4.07. The van der Waals surface area contributed by atoms with E-state index in [9.17, 15) is 22.4 Å². The molecule has 8 heteroatoms. The lowest BCUT2D eigenvalue weighted by atomic mass is 10.0. The van der Waals surface area contributed by atoms with Gasteiger partial charge in [-0.05, 0) is 54.1 Å². The van der Waals surface area contributed by atoms with Gasteiger partial charge in [-0.25, -0.2) is 14.8 Å². The maximum absolute atomic E-state index is 13.3. The largest absolute Gasteiger partial charge is 0.416 e. The van der Waals surface area contributed by atoms with Gasteiger partial charge >= 0.3 is 6.18 Å². The summed E-state index contributed by atoms with van der Waals surface area (Å²) in [6.45, 7) is 0. The highest BCUT2D eigenvalue weighted by Crippen LogP contribution is 2.29. The Kier molecular flexibility index (Phi) is 5.68. The monoisotopic (exact) mass is 437 g/mol. The molecular weight excluding hydrogens is 422 g/mol. The van der Waals surface area contributed by atoms with Gasteiger partial charge in [0.15, 0.2) is 0 Å². The van der Waals surface area contributed by atoms with Crippen LogP contribution in [0, 0.1) is 5.82 Å². The van der Waals surface area contributed by atoms with E-state index in [2.05, 4.69) is 15.5 Å². The molecule has 1 amide bonds. The number of fused-ring (bicyclic) bond motifs is 1. The molecule has 4 nitrogen and oxygen atoms in total. The molecule has 0 atom stereocenters. The van der Waals surface area contributed by atoms with E-state index in [0.29, 0.717) is 22.2 Å². The number of hydrogen-bond acceptors (Lipinski definition) is 3. The molecule has 1 N–H and O–H groups in total. The van der Waals surface area contributed by atoms with Crippen molar-refractivity contribution in [2.45, 2.75) is 6.18 Å². The van der Waals surface area contributed by atoms with Gasteiger partial charge in [0, 0.05) is 10.9 Å². The second-order valence-electron chi connectivity index (χ2n) is 6.90. The fourth-order valence-electron chi connectivity index (χ4n) is 3.15. The molecule has 0 aliphatic rings. The number of nitrogens with zero attached hydrogens (tertiary/aromatic N) is 2. The van der Waals surface area contributed by atoms with Gasteiger partial charge in [0.05, 0.1) is 28.6 Å². The molecule has 0 spiro atoms. The van der Waals surface area contributed by atoms with Crippen LogP contribution in [0.2, 0.25) is 0 Å². The van der Waals surface area contributed by atoms with Gasteiger partial charge in [0.2, 0.25) is 0 Å². The topological polar surface area (TPSA) is 54.4 Å². The first-order valence-corrected chi connectivity index (χ1v) is 9.48. The molecule has 0 saturated heterocycles. The normalized spacial score (nSPS) is 11.8. The van der Waals surface area contributed by atoms with Crippen LogP contribution in [0.5, 0.6) is 0 Å². The second-order valence-corrected chi connectivity index (χ2v) is 6.90. The molecule has 0 aliphatic carbocycles. The molecule has 0 radical (unpaired) electrons. The number of pyridine rings is 1. The molecule has 0 fully saturated rings. The smallest absolute Gasteiger partial charge is 0.267 e. The molecule has 32 heavy (non-hydrogen) atoms. The first-order chi connectivity index (χ1) is 15.3. The number of halogens is 4. The number of amides is 1. The maximum Gasteiger partial charge on any atom is 0.416 e. The number of nitrogens with one attached hydrogen (secondary N) is 1. The van der Waals surface area contributed by atoms with E-state index in [-0.39, 0.29) is 11.1 Å². The summed E-state index contributed by atoms with van der Waals surface area (Å²) in [5.74, 6) is -0.952. The molecule has 0 aliphatic heterocycles. The number of benzene rings is 3. The van der Waals surface area contributed by atoms with Crippen molar-refractivity contribution in [1.82, 2.24) is 10.4 Å². The third kappa shape index (κ3) is 4.64. The minimum absolute atomic E-state index is 0.187. The second kappa shape index (κ2) is 8.58. The van der Waals surface area contributed by atoms with Crippen LogP contribution in [-0.4, -0.2) is 17.1 Å². The zero-order valence-electron chi connectivity index (χ0n) is 16.4. The summed E-state index contributed by atoms with van der Waals surface area (Å²) < 4.78 is 51.8. The van der Waals surface area contributed by atoms with Crippen molar-refractivity contribution < 1.29 is 22.4 Å². The zero-order chi connectivity index (χ0) is 22.7. The number of hydrazone groups is 1. The van der Waals surface area contributed by atoms with E-state index in [1.54, 1.807) is 42.5 Å². The van der Waals surface area contributed by atoms with Crippen LogP contribution >= 0.6 is 0 Å². The van der Waals surface area contributed by atoms with E-state index >= 15 is 0 Å². The van der Waals surface area contributed by atoms with Gasteiger partial charge in [-0.1, -0.05) is 30.3 Å². The minimum Gasteiger partial charge on any atom is -0.267 e. The van der Waals surface area contributed by atoms with Crippen molar-refractivity contribution in [2.75, 3.05) is 0 Å². The van der Waals surface area contributed by atoms with Crippen molar-refractivity contribution in [1.29, 1.82) is 0 Å². The van der Waals surface area contributed by atoms with Crippen LogP contribution in [0.4, 0.5) is 17.6 Å². The van der Waals surface area contributed by atoms with Gasteiger partial charge in [-0.15, -0.1) is 0 Å². The highest BCUT2D eigenvalue weighted by molar-refractivity contribution is 6.07. The number of para-hydroxylation sites is 1. The Labute approximate surface area is 180 Å². The predicted molar refractivity (Wildman–Crippen MR) is 114 cm³/mol. The first kappa shape index (κ1) is 21.2. The molecule has 1 aromatic heterocycles. The molecule has 4 rings (SSSR count). The Morgan fingerprint density at radius 1 is 0.938 bits per heavy atom. The molecule has 4 aromatic rings. The summed E-state index contributed by atoms with van der Waals surface area (Å²) in [4.78, 5) is 17.4. The molecule has 0 bridgehead atoms. The molecule has 0 saturated carbocycles. The lowest BCUT2D eigenvalue weighted by Crippen LogP contribution is -2.18. The fraction of sp³-hybridized carbons (Fsp3) is 0.0417. The van der Waals surface area contributed by atoms with Crippen LogP contribution in [0.1, 0.15) is 21.5 Å². The average Bonchev–Trinajstić information content (AvgIpc) is 2.78. The number of alkyl halides is 3. The first-order valence-electron chi connectivity index (χ1n) is 9.48. The Balaban J connectivity index is 1.63. The van der Waals surface area contributed by atoms with E-state index in [1.165, 1.54) is 24.3 Å². The Morgan fingerprint density at radius 2 is 1.69 bits per heavy atom. The molecule has 3 aromatic carbocycles. The van der Waals surface area contributed by atoms with Crippen LogP contribution in [0.3, 0.4) is 0 Å². The number of aromatic nitrogens is 1. The molecule has 0 unspecified atom stereocenters. The van der Waals surface area contributed by atoms with Crippen LogP contribution in [-0.2, 0) is 6.18 Å². The van der Waals surface area contributed by atoms with E-state index in [1.807, 2.05) is 0 Å². The summed E-state index contributed by atoms with van der Waals surface area (Å²) in [6.07, 6.45) is -3.34. The summed E-state index contributed by atoms with van der Waals surface area (Å²) >= 11 is 0. The van der Waals surface area contributed by atoms with Crippen molar-refractivity contribution in [2.24, 2.45) is 5.10 Å². The standard InChI is InChI=1S/C24H15F4N3O/c25-18-10-8-16(9-11-18)22-13-20(19-6-1-2-7-21(19)30-22)23(32)31-29-14-15-4-3-5-17(12-15)24(26,27)28/h1-14H,(H,31,32). The van der Waals surface area contributed by atoms with Crippen molar-refractivity contribution in [3.63, 3.8) is 0 Å². The van der Waals surface area contributed by atoms with Gasteiger partial charge in [0.25, 0.3) is 5.91 Å². The summed E-state index contributed by atoms with van der Waals surface area (Å²) in [7, 11) is 0. The van der Waals surface area contributed by atoms with Crippen molar-refractivity contribution in [3.05, 3.63) is 101 Å². The van der Waals surface area contributed by atoms with E-state index in [0.717, 1.165) is 18.3 Å². The number of carbonyl (C=O) groups is 1. The molecular formula is C24H15F4N3O. The summed E-state index contributed by atoms with van der Waals surface area (Å²) in [6, 6.07) is 18.9. The lowest BCUT2D eigenvalue weighted by molar-refractivity contribution is -0.137. The third-order valence-electron chi connectivity index (χ3n) is 4.69. The van der Waals surface area contributed by atoms with Gasteiger partial charge in [-0.3, -0.25) is 4.79 Å². The van der Waals surface area contributed by atoms with E-state index in [4.69, 9.17) is 0 Å². The SMILES string of the molecule is O=C(NN=Cc1cccc(C(F)(F)F)c1)c1cc(-c2ccc(F)cc2)nc2ccccc12. The maximum atomic E-state index is 13.3. The molecule has 1 heterocycles. The lowest BCUT2D eigenvalue weighted by Gasteiger charge is -2.09. The highest BCUT2D eigenvalue weighted by atomic mass is 19.4. The number of carbonyl (C=O) groups excluding carboxylic acids is 1. The number of rotatable bonds is 4. The van der Waals surface area contributed by atoms with Crippen LogP contribution < -0.4 is 5.43 Å². The molecule has 160 valence electrons. The Bertz CT molecular complexity index is 1320. The predicted octanol–water partition coefficient (Wildman–Crippen LogP) is 5.82. The minimum atomic E-state index is -4.47. The fourth-order valence-corrected chi connectivity index (χ4v) is 3.15. The van der Waals surface area contributed by atoms with E-state index < -0.39 is 23.5 Å². The Morgan fingerprint density at radius 3 is 2.44 bits per heavy atom.